The Morgan fingerprint density at radius 3 is 2.45 bits per heavy atom. The normalized spacial score (nSPS) is 14.5. The fourth-order valence-corrected chi connectivity index (χ4v) is 3.95. The van der Waals surface area contributed by atoms with Gasteiger partial charge in [-0.15, -0.1) is 11.8 Å². The highest BCUT2D eigenvalue weighted by atomic mass is 32.2. The molecule has 1 heterocycles. The van der Waals surface area contributed by atoms with Gasteiger partial charge in [-0.3, -0.25) is 9.59 Å². The lowest BCUT2D eigenvalue weighted by Crippen LogP contribution is -2.46. The number of hydrogen-bond donors (Lipinski definition) is 1. The van der Waals surface area contributed by atoms with Gasteiger partial charge in [-0.1, -0.05) is 6.07 Å². The van der Waals surface area contributed by atoms with E-state index in [1.807, 2.05) is 67.5 Å². The molecule has 1 aliphatic rings. The summed E-state index contributed by atoms with van der Waals surface area (Å²) in [5.74, 6) is 0.766. The van der Waals surface area contributed by atoms with Gasteiger partial charge < -0.3 is 15.0 Å². The van der Waals surface area contributed by atoms with E-state index in [-0.39, 0.29) is 17.9 Å². The molecule has 6 heteroatoms. The summed E-state index contributed by atoms with van der Waals surface area (Å²) in [5.41, 5.74) is 2.37. The number of hydrogen-bond acceptors (Lipinski definition) is 4. The summed E-state index contributed by atoms with van der Waals surface area (Å²) in [6, 6.07) is 13.3. The van der Waals surface area contributed by atoms with Gasteiger partial charge in [-0.2, -0.15) is 0 Å². The van der Waals surface area contributed by atoms with Crippen LogP contribution in [-0.2, 0) is 0 Å². The van der Waals surface area contributed by atoms with E-state index < -0.39 is 0 Å². The maximum Gasteiger partial charge on any atom is 0.253 e. The minimum absolute atomic E-state index is 0.0290. The van der Waals surface area contributed by atoms with Gasteiger partial charge in [-0.25, -0.2) is 0 Å². The number of nitrogens with one attached hydrogen (secondary N) is 1. The van der Waals surface area contributed by atoms with Crippen LogP contribution in [-0.4, -0.2) is 48.7 Å². The van der Waals surface area contributed by atoms with Crippen molar-refractivity contribution in [2.75, 3.05) is 26.0 Å². The van der Waals surface area contributed by atoms with E-state index in [2.05, 4.69) is 5.32 Å². The number of rotatable bonds is 6. The smallest absolute Gasteiger partial charge is 0.253 e. The van der Waals surface area contributed by atoms with E-state index >= 15 is 0 Å². The van der Waals surface area contributed by atoms with Gasteiger partial charge in [0.25, 0.3) is 11.8 Å². The van der Waals surface area contributed by atoms with Crippen LogP contribution >= 0.6 is 11.8 Å². The summed E-state index contributed by atoms with van der Waals surface area (Å²) in [6.45, 7) is 5.77. The number of carbonyl (C=O) groups excluding carboxylic acids is 2. The maximum absolute atomic E-state index is 12.7. The second-order valence-electron chi connectivity index (χ2n) is 7.18. The Labute approximate surface area is 176 Å². The van der Waals surface area contributed by atoms with E-state index in [9.17, 15) is 9.59 Å². The zero-order valence-corrected chi connectivity index (χ0v) is 18.1. The monoisotopic (exact) mass is 412 g/mol. The number of thioether (sulfide) groups is 1. The number of aryl methyl sites for hydroxylation is 1. The highest BCUT2D eigenvalue weighted by molar-refractivity contribution is 7.98. The van der Waals surface area contributed by atoms with Crippen LogP contribution in [0.3, 0.4) is 0 Å². The molecule has 0 atom stereocenters. The molecule has 1 saturated heterocycles. The van der Waals surface area contributed by atoms with Crippen LogP contribution in [0.1, 0.15) is 46.0 Å². The van der Waals surface area contributed by atoms with Gasteiger partial charge in [0, 0.05) is 35.2 Å². The topological polar surface area (TPSA) is 58.6 Å². The molecule has 0 radical (unpaired) electrons. The molecule has 0 aliphatic carbocycles. The van der Waals surface area contributed by atoms with Crippen LogP contribution < -0.4 is 10.1 Å². The molecule has 0 saturated carbocycles. The SMILES string of the molecule is CCOc1ccc(C(=O)N2CCC(NC(=O)c3cc(SC)ccc3C)CC2)cc1. The fraction of sp³-hybridized carbons (Fsp3) is 0.391. The van der Waals surface area contributed by atoms with Crippen molar-refractivity contribution in [1.29, 1.82) is 0 Å². The van der Waals surface area contributed by atoms with E-state index in [1.165, 1.54) is 0 Å². The Balaban J connectivity index is 1.55. The van der Waals surface area contributed by atoms with Crippen molar-refractivity contribution in [3.05, 3.63) is 59.2 Å². The quantitative estimate of drug-likeness (QED) is 0.724. The summed E-state index contributed by atoms with van der Waals surface area (Å²) >= 11 is 1.63. The van der Waals surface area contributed by atoms with Crippen molar-refractivity contribution in [1.82, 2.24) is 10.2 Å². The zero-order valence-electron chi connectivity index (χ0n) is 17.2. The molecule has 0 unspecified atom stereocenters. The average molecular weight is 413 g/mol. The molecule has 154 valence electrons. The van der Waals surface area contributed by atoms with Gasteiger partial charge in [-0.05, 0) is 74.9 Å². The summed E-state index contributed by atoms with van der Waals surface area (Å²) < 4.78 is 5.43. The molecule has 1 fully saturated rings. The molecule has 0 spiro atoms. The second-order valence-corrected chi connectivity index (χ2v) is 8.06. The van der Waals surface area contributed by atoms with Crippen LogP contribution in [0.4, 0.5) is 0 Å². The number of nitrogens with zero attached hydrogens (tertiary/aromatic N) is 1. The molecule has 3 rings (SSSR count). The lowest BCUT2D eigenvalue weighted by Gasteiger charge is -2.32. The van der Waals surface area contributed by atoms with Gasteiger partial charge in [0.15, 0.2) is 0 Å². The van der Waals surface area contributed by atoms with E-state index in [4.69, 9.17) is 4.74 Å². The number of benzene rings is 2. The second kappa shape index (κ2) is 9.83. The van der Waals surface area contributed by atoms with Crippen molar-refractivity contribution < 1.29 is 14.3 Å². The molecule has 1 N–H and O–H groups in total. The first kappa shape index (κ1) is 21.2. The molecular weight excluding hydrogens is 384 g/mol. The standard InChI is InChI=1S/C23H28N2O3S/c1-4-28-19-8-6-17(7-9-19)23(27)25-13-11-18(12-14-25)24-22(26)21-15-20(29-3)10-5-16(21)2/h5-10,15,18H,4,11-14H2,1-3H3,(H,24,26). The number of ether oxygens (including phenoxy) is 1. The molecule has 0 aromatic heterocycles. The van der Waals surface area contributed by atoms with Crippen molar-refractivity contribution in [2.24, 2.45) is 0 Å². The summed E-state index contributed by atoms with van der Waals surface area (Å²) in [7, 11) is 0. The van der Waals surface area contributed by atoms with Crippen molar-refractivity contribution in [3.63, 3.8) is 0 Å². The van der Waals surface area contributed by atoms with Crippen molar-refractivity contribution in [3.8, 4) is 5.75 Å². The Morgan fingerprint density at radius 2 is 1.83 bits per heavy atom. The highest BCUT2D eigenvalue weighted by Gasteiger charge is 2.25. The third-order valence-corrected chi connectivity index (χ3v) is 5.94. The van der Waals surface area contributed by atoms with E-state index in [0.717, 1.165) is 34.6 Å². The van der Waals surface area contributed by atoms with Crippen LogP contribution in [0.15, 0.2) is 47.4 Å². The van der Waals surface area contributed by atoms with Crippen LogP contribution in [0, 0.1) is 6.92 Å². The molecule has 0 bridgehead atoms. The number of amides is 2. The molecular formula is C23H28N2O3S. The van der Waals surface area contributed by atoms with E-state index in [0.29, 0.717) is 25.3 Å². The fourth-order valence-electron chi connectivity index (χ4n) is 3.51. The molecule has 2 amide bonds. The molecule has 29 heavy (non-hydrogen) atoms. The van der Waals surface area contributed by atoms with Crippen LogP contribution in [0.5, 0.6) is 5.75 Å². The first-order valence-corrected chi connectivity index (χ1v) is 11.2. The third-order valence-electron chi connectivity index (χ3n) is 5.22. The minimum atomic E-state index is -0.0327. The number of likely N-dealkylation sites (tertiary alicyclic amines) is 1. The largest absolute Gasteiger partial charge is 0.494 e. The third kappa shape index (κ3) is 5.32. The maximum atomic E-state index is 12.7. The molecule has 1 aliphatic heterocycles. The molecule has 5 nitrogen and oxygen atoms in total. The van der Waals surface area contributed by atoms with E-state index in [1.54, 1.807) is 11.8 Å². The lowest BCUT2D eigenvalue weighted by molar-refractivity contribution is 0.0698. The Bertz CT molecular complexity index is 859. The number of piperidine rings is 1. The first-order chi connectivity index (χ1) is 14.0. The Morgan fingerprint density at radius 1 is 1.14 bits per heavy atom. The Kier molecular flexibility index (Phi) is 7.20. The minimum Gasteiger partial charge on any atom is -0.494 e. The van der Waals surface area contributed by atoms with Crippen LogP contribution in [0.2, 0.25) is 0 Å². The predicted molar refractivity (Wildman–Crippen MR) is 117 cm³/mol. The number of carbonyl (C=O) groups is 2. The lowest BCUT2D eigenvalue weighted by atomic mass is 10.0. The highest BCUT2D eigenvalue weighted by Crippen LogP contribution is 2.21. The summed E-state index contributed by atoms with van der Waals surface area (Å²) in [4.78, 5) is 28.4. The summed E-state index contributed by atoms with van der Waals surface area (Å²) in [5, 5.41) is 3.15. The van der Waals surface area contributed by atoms with Crippen molar-refractivity contribution >= 4 is 23.6 Å². The van der Waals surface area contributed by atoms with Gasteiger partial charge in [0.1, 0.15) is 5.75 Å². The molecule has 2 aromatic rings. The Hall–Kier alpha value is -2.47. The summed E-state index contributed by atoms with van der Waals surface area (Å²) in [6.07, 6.45) is 3.52. The predicted octanol–water partition coefficient (Wildman–Crippen LogP) is 4.15. The van der Waals surface area contributed by atoms with Crippen molar-refractivity contribution in [2.45, 2.75) is 37.6 Å². The zero-order chi connectivity index (χ0) is 20.8. The first-order valence-electron chi connectivity index (χ1n) is 9.99. The molecule has 2 aromatic carbocycles. The van der Waals surface area contributed by atoms with Gasteiger partial charge >= 0.3 is 0 Å². The van der Waals surface area contributed by atoms with Gasteiger partial charge in [0.05, 0.1) is 6.61 Å². The van der Waals surface area contributed by atoms with Crippen LogP contribution in [0.25, 0.3) is 0 Å². The van der Waals surface area contributed by atoms with Gasteiger partial charge in [0.2, 0.25) is 0 Å². The average Bonchev–Trinajstić information content (AvgIpc) is 2.75.